The van der Waals surface area contributed by atoms with Crippen molar-refractivity contribution in [2.75, 3.05) is 18.4 Å². The molecule has 0 saturated carbocycles. The molecule has 168 valence electrons. The van der Waals surface area contributed by atoms with Crippen molar-refractivity contribution in [2.45, 2.75) is 37.5 Å². The fraction of sp³-hybridized carbons (Fsp3) is 0.304. The molecule has 3 aromatic rings. The normalized spacial score (nSPS) is 19.6. The van der Waals surface area contributed by atoms with E-state index >= 15 is 0 Å². The van der Waals surface area contributed by atoms with Crippen LogP contribution in [0.25, 0.3) is 0 Å². The second kappa shape index (κ2) is 9.23. The van der Waals surface area contributed by atoms with E-state index in [1.54, 1.807) is 23.0 Å². The quantitative estimate of drug-likeness (QED) is 0.618. The van der Waals surface area contributed by atoms with Gasteiger partial charge in [-0.2, -0.15) is 9.40 Å². The molecule has 32 heavy (non-hydrogen) atoms. The third kappa shape index (κ3) is 4.90. The Bertz CT molecular complexity index is 1180. The average molecular weight is 455 g/mol. The summed E-state index contributed by atoms with van der Waals surface area (Å²) in [6.45, 7) is 4.77. The number of rotatable bonds is 6. The van der Waals surface area contributed by atoms with Crippen LogP contribution in [0.3, 0.4) is 0 Å². The monoisotopic (exact) mass is 454 g/mol. The number of ether oxygens (including phenoxy) is 1. The summed E-state index contributed by atoms with van der Waals surface area (Å²) >= 11 is 0. The van der Waals surface area contributed by atoms with Gasteiger partial charge < -0.3 is 10.1 Å². The van der Waals surface area contributed by atoms with Crippen molar-refractivity contribution in [3.63, 3.8) is 0 Å². The second-order valence-electron chi connectivity index (χ2n) is 7.92. The number of para-hydroxylation sites is 1. The van der Waals surface area contributed by atoms with Gasteiger partial charge in [-0.15, -0.1) is 0 Å². The molecule has 1 aromatic heterocycles. The van der Waals surface area contributed by atoms with Crippen molar-refractivity contribution < 1.29 is 17.9 Å². The zero-order chi connectivity index (χ0) is 22.7. The van der Waals surface area contributed by atoms with Gasteiger partial charge in [0.05, 0.1) is 23.6 Å². The number of anilines is 1. The van der Waals surface area contributed by atoms with Gasteiger partial charge in [0.15, 0.2) is 0 Å². The SMILES string of the molecule is CC1CN(S(=O)(=O)c2cccc(C(=O)Nc3ccccc3Cn3cccn3)c2)CC(C)O1. The summed E-state index contributed by atoms with van der Waals surface area (Å²) in [4.78, 5) is 13.1. The van der Waals surface area contributed by atoms with E-state index < -0.39 is 10.0 Å². The maximum atomic E-state index is 13.2. The number of benzene rings is 2. The molecular formula is C23H26N4O4S. The Hall–Kier alpha value is -3.01. The molecule has 1 aliphatic rings. The molecule has 2 heterocycles. The number of nitrogens with one attached hydrogen (secondary N) is 1. The van der Waals surface area contributed by atoms with E-state index in [0.717, 1.165) is 5.56 Å². The van der Waals surface area contributed by atoms with Crippen LogP contribution in [0.5, 0.6) is 0 Å². The first-order chi connectivity index (χ1) is 15.3. The van der Waals surface area contributed by atoms with Gasteiger partial charge in [-0.3, -0.25) is 9.48 Å². The molecule has 2 unspecified atom stereocenters. The van der Waals surface area contributed by atoms with E-state index in [-0.39, 0.29) is 41.7 Å². The average Bonchev–Trinajstić information content (AvgIpc) is 3.27. The largest absolute Gasteiger partial charge is 0.373 e. The third-order valence-electron chi connectivity index (χ3n) is 5.28. The molecule has 1 aliphatic heterocycles. The third-order valence-corrected chi connectivity index (χ3v) is 7.10. The number of nitrogens with zero attached hydrogens (tertiary/aromatic N) is 3. The van der Waals surface area contributed by atoms with E-state index in [0.29, 0.717) is 12.2 Å². The number of aromatic nitrogens is 2. The lowest BCUT2D eigenvalue weighted by molar-refractivity contribution is -0.0440. The number of carbonyl (C=O) groups is 1. The minimum absolute atomic E-state index is 0.0938. The zero-order valence-corrected chi connectivity index (χ0v) is 18.8. The van der Waals surface area contributed by atoms with Gasteiger partial charge in [0.25, 0.3) is 5.91 Å². The lowest BCUT2D eigenvalue weighted by Crippen LogP contribution is -2.48. The molecule has 0 spiro atoms. The first-order valence-electron chi connectivity index (χ1n) is 10.5. The molecule has 0 radical (unpaired) electrons. The predicted octanol–water partition coefficient (Wildman–Crippen LogP) is 2.98. The first-order valence-corrected chi connectivity index (χ1v) is 11.9. The van der Waals surface area contributed by atoms with Crippen LogP contribution in [0.4, 0.5) is 5.69 Å². The number of hydrogen-bond acceptors (Lipinski definition) is 5. The Morgan fingerprint density at radius 1 is 1.09 bits per heavy atom. The van der Waals surface area contributed by atoms with Gasteiger partial charge in [0, 0.05) is 36.7 Å². The maximum absolute atomic E-state index is 13.2. The van der Waals surface area contributed by atoms with Crippen molar-refractivity contribution >= 4 is 21.6 Å². The van der Waals surface area contributed by atoms with Crippen molar-refractivity contribution in [1.29, 1.82) is 0 Å². The minimum atomic E-state index is -3.74. The van der Waals surface area contributed by atoms with Crippen LogP contribution < -0.4 is 5.32 Å². The summed E-state index contributed by atoms with van der Waals surface area (Å²) in [5, 5.41) is 7.11. The highest BCUT2D eigenvalue weighted by atomic mass is 32.2. The van der Waals surface area contributed by atoms with Gasteiger partial charge in [-0.05, 0) is 49.7 Å². The highest BCUT2D eigenvalue weighted by molar-refractivity contribution is 7.89. The molecule has 8 nitrogen and oxygen atoms in total. The number of sulfonamides is 1. The lowest BCUT2D eigenvalue weighted by atomic mass is 10.1. The molecule has 1 saturated heterocycles. The van der Waals surface area contributed by atoms with Crippen LogP contribution in [0.15, 0.2) is 71.9 Å². The zero-order valence-electron chi connectivity index (χ0n) is 18.0. The van der Waals surface area contributed by atoms with Crippen LogP contribution in [-0.4, -0.2) is 53.7 Å². The molecule has 0 bridgehead atoms. The lowest BCUT2D eigenvalue weighted by Gasteiger charge is -2.34. The number of morpholine rings is 1. The van der Waals surface area contributed by atoms with Gasteiger partial charge in [0.1, 0.15) is 0 Å². The van der Waals surface area contributed by atoms with Gasteiger partial charge >= 0.3 is 0 Å². The molecule has 9 heteroatoms. The van der Waals surface area contributed by atoms with Gasteiger partial charge in [0.2, 0.25) is 10.0 Å². The Morgan fingerprint density at radius 3 is 2.56 bits per heavy atom. The van der Waals surface area contributed by atoms with Crippen LogP contribution in [0.2, 0.25) is 0 Å². The van der Waals surface area contributed by atoms with Crippen LogP contribution in [-0.2, 0) is 21.3 Å². The highest BCUT2D eigenvalue weighted by Gasteiger charge is 2.32. The van der Waals surface area contributed by atoms with Crippen LogP contribution in [0.1, 0.15) is 29.8 Å². The fourth-order valence-corrected chi connectivity index (χ4v) is 5.45. The standard InChI is InChI=1S/C23H26N4O4S/c1-17-14-27(15-18(2)31-17)32(29,30)21-9-5-8-19(13-21)23(28)25-22-10-4-3-7-20(22)16-26-12-6-11-24-26/h3-13,17-18H,14-16H2,1-2H3,(H,25,28). The topological polar surface area (TPSA) is 93.5 Å². The van der Waals surface area contributed by atoms with E-state index in [1.807, 2.05) is 50.4 Å². The number of hydrogen-bond donors (Lipinski definition) is 1. The fourth-order valence-electron chi connectivity index (χ4n) is 3.82. The molecule has 4 rings (SSSR count). The summed E-state index contributed by atoms with van der Waals surface area (Å²) in [6, 6.07) is 15.4. The van der Waals surface area contributed by atoms with Gasteiger partial charge in [-0.25, -0.2) is 8.42 Å². The minimum Gasteiger partial charge on any atom is -0.373 e. The Balaban J connectivity index is 1.55. The Morgan fingerprint density at radius 2 is 1.84 bits per heavy atom. The highest BCUT2D eigenvalue weighted by Crippen LogP contribution is 2.23. The van der Waals surface area contributed by atoms with E-state index in [4.69, 9.17) is 4.74 Å². The summed E-state index contributed by atoms with van der Waals surface area (Å²) < 4.78 is 35.2. The molecule has 1 fully saturated rings. The van der Waals surface area contributed by atoms with E-state index in [9.17, 15) is 13.2 Å². The summed E-state index contributed by atoms with van der Waals surface area (Å²) in [6.07, 6.45) is 3.17. The summed E-state index contributed by atoms with van der Waals surface area (Å²) in [5.41, 5.74) is 1.82. The van der Waals surface area contributed by atoms with Crippen LogP contribution >= 0.6 is 0 Å². The van der Waals surface area contributed by atoms with Crippen molar-refractivity contribution in [3.05, 3.63) is 78.1 Å². The number of amides is 1. The van der Waals surface area contributed by atoms with Crippen molar-refractivity contribution in [2.24, 2.45) is 0 Å². The first kappa shape index (κ1) is 22.2. The molecule has 0 aliphatic carbocycles. The molecule has 1 amide bonds. The van der Waals surface area contributed by atoms with Crippen molar-refractivity contribution in [3.8, 4) is 0 Å². The van der Waals surface area contributed by atoms with Gasteiger partial charge in [-0.1, -0.05) is 24.3 Å². The Kier molecular flexibility index (Phi) is 6.40. The smallest absolute Gasteiger partial charge is 0.255 e. The molecule has 1 N–H and O–H groups in total. The molecule has 2 aromatic carbocycles. The van der Waals surface area contributed by atoms with E-state index in [2.05, 4.69) is 10.4 Å². The van der Waals surface area contributed by atoms with E-state index in [1.165, 1.54) is 16.4 Å². The second-order valence-corrected chi connectivity index (χ2v) is 9.86. The van der Waals surface area contributed by atoms with Crippen LogP contribution in [0, 0.1) is 0 Å². The number of carbonyl (C=O) groups excluding carboxylic acids is 1. The molecule has 2 atom stereocenters. The predicted molar refractivity (Wildman–Crippen MR) is 121 cm³/mol. The Labute approximate surface area is 187 Å². The summed E-state index contributed by atoms with van der Waals surface area (Å²) in [7, 11) is -3.74. The summed E-state index contributed by atoms with van der Waals surface area (Å²) in [5.74, 6) is -0.376. The maximum Gasteiger partial charge on any atom is 0.255 e. The van der Waals surface area contributed by atoms with Crippen molar-refractivity contribution in [1.82, 2.24) is 14.1 Å². The molecular weight excluding hydrogens is 428 g/mol.